The lowest BCUT2D eigenvalue weighted by Gasteiger charge is -2.09. The Balaban J connectivity index is 1.38. The largest absolute Gasteiger partial charge is 0.420 e. The normalized spacial score (nSPS) is 10.5. The maximum Gasteiger partial charge on any atom is 0.420 e. The smallest absolute Gasteiger partial charge is 0.407 e. The maximum absolute atomic E-state index is 12.4. The molecule has 1 heterocycles. The highest BCUT2D eigenvalue weighted by Crippen LogP contribution is 2.20. The number of carbonyl (C=O) groups is 2. The van der Waals surface area contributed by atoms with E-state index in [0.717, 1.165) is 10.6 Å². The molecule has 0 saturated heterocycles. The van der Waals surface area contributed by atoms with Crippen molar-refractivity contribution in [3.8, 4) is 0 Å². The van der Waals surface area contributed by atoms with Crippen molar-refractivity contribution in [2.75, 3.05) is 16.0 Å². The monoisotopic (exact) mass is 447 g/mol. The Morgan fingerprint density at radius 1 is 0.879 bits per heavy atom. The second-order valence-electron chi connectivity index (χ2n) is 6.93. The number of nitro groups is 1. The van der Waals surface area contributed by atoms with E-state index in [1.807, 2.05) is 6.07 Å². The number of hydrogen-bond donors (Lipinski definition) is 3. The van der Waals surface area contributed by atoms with Crippen LogP contribution in [0.4, 0.5) is 27.5 Å². The van der Waals surface area contributed by atoms with Gasteiger partial charge in [-0.3, -0.25) is 19.5 Å². The first-order valence-corrected chi connectivity index (χ1v) is 9.70. The van der Waals surface area contributed by atoms with Crippen molar-refractivity contribution < 1.29 is 18.9 Å². The highest BCUT2D eigenvalue weighted by molar-refractivity contribution is 6.00. The van der Waals surface area contributed by atoms with Crippen LogP contribution in [0.15, 0.2) is 82.0 Å². The van der Waals surface area contributed by atoms with E-state index in [4.69, 9.17) is 4.42 Å². The van der Waals surface area contributed by atoms with Crippen molar-refractivity contribution in [3.05, 3.63) is 93.5 Å². The van der Waals surface area contributed by atoms with Crippen LogP contribution in [-0.4, -0.2) is 21.4 Å². The van der Waals surface area contributed by atoms with Crippen molar-refractivity contribution in [2.45, 2.75) is 6.54 Å². The quantitative estimate of drug-likeness (QED) is 0.302. The average Bonchev–Trinajstić information content (AvgIpc) is 3.10. The third kappa shape index (κ3) is 5.05. The SMILES string of the molecule is O=C(Cn1c(=O)oc2cc([N+](=O)[O-])ccc21)Nc1ccc(NC(=O)Nc2ccccc2)cc1. The number of nitrogens with zero attached hydrogens (tertiary/aromatic N) is 2. The Bertz CT molecular complexity index is 1390. The summed E-state index contributed by atoms with van der Waals surface area (Å²) in [6, 6.07) is 18.7. The van der Waals surface area contributed by atoms with Crippen LogP contribution in [0.1, 0.15) is 0 Å². The van der Waals surface area contributed by atoms with Gasteiger partial charge in [0.25, 0.3) is 5.69 Å². The van der Waals surface area contributed by atoms with Gasteiger partial charge >= 0.3 is 11.8 Å². The van der Waals surface area contributed by atoms with Gasteiger partial charge in [0.05, 0.1) is 16.5 Å². The Morgan fingerprint density at radius 3 is 2.12 bits per heavy atom. The molecule has 166 valence electrons. The Morgan fingerprint density at radius 2 is 1.48 bits per heavy atom. The van der Waals surface area contributed by atoms with Gasteiger partial charge in [-0.2, -0.15) is 0 Å². The highest BCUT2D eigenvalue weighted by atomic mass is 16.6. The number of hydrogen-bond acceptors (Lipinski definition) is 6. The predicted molar refractivity (Wildman–Crippen MR) is 121 cm³/mol. The van der Waals surface area contributed by atoms with Crippen LogP contribution < -0.4 is 21.7 Å². The molecule has 0 saturated carbocycles. The first kappa shape index (κ1) is 21.3. The molecule has 0 spiro atoms. The summed E-state index contributed by atoms with van der Waals surface area (Å²) in [6.07, 6.45) is 0. The molecule has 0 atom stereocenters. The summed E-state index contributed by atoms with van der Waals surface area (Å²) >= 11 is 0. The molecule has 11 nitrogen and oxygen atoms in total. The van der Waals surface area contributed by atoms with Crippen molar-refractivity contribution in [3.63, 3.8) is 0 Å². The molecule has 0 radical (unpaired) electrons. The van der Waals surface area contributed by atoms with Crippen LogP contribution in [0.5, 0.6) is 0 Å². The molecule has 0 bridgehead atoms. The average molecular weight is 447 g/mol. The third-order valence-electron chi connectivity index (χ3n) is 4.62. The molecule has 1 aromatic heterocycles. The number of oxazole rings is 1. The van der Waals surface area contributed by atoms with E-state index < -0.39 is 22.6 Å². The fraction of sp³-hybridized carbons (Fsp3) is 0.0455. The summed E-state index contributed by atoms with van der Waals surface area (Å²) < 4.78 is 6.09. The summed E-state index contributed by atoms with van der Waals surface area (Å²) in [4.78, 5) is 46.8. The number of aromatic nitrogens is 1. The molecule has 11 heteroatoms. The van der Waals surface area contributed by atoms with Gasteiger partial charge < -0.3 is 20.4 Å². The van der Waals surface area contributed by atoms with Crippen LogP contribution >= 0.6 is 0 Å². The number of rotatable bonds is 6. The van der Waals surface area contributed by atoms with Crippen molar-refractivity contribution in [1.29, 1.82) is 0 Å². The molecular formula is C22H17N5O6. The van der Waals surface area contributed by atoms with E-state index in [1.54, 1.807) is 48.5 Å². The topological polar surface area (TPSA) is 149 Å². The van der Waals surface area contributed by atoms with Crippen molar-refractivity contribution in [2.24, 2.45) is 0 Å². The number of para-hydroxylation sites is 1. The zero-order valence-electron chi connectivity index (χ0n) is 17.0. The zero-order chi connectivity index (χ0) is 23.4. The fourth-order valence-corrected chi connectivity index (χ4v) is 3.11. The summed E-state index contributed by atoms with van der Waals surface area (Å²) in [6.45, 7) is -0.344. The molecule has 0 aliphatic carbocycles. The van der Waals surface area contributed by atoms with Crippen LogP contribution in [0.2, 0.25) is 0 Å². The molecule has 33 heavy (non-hydrogen) atoms. The summed E-state index contributed by atoms with van der Waals surface area (Å²) in [7, 11) is 0. The molecule has 0 unspecified atom stereocenters. The number of nitro benzene ring substituents is 1. The first-order chi connectivity index (χ1) is 15.9. The second kappa shape index (κ2) is 9.06. The summed E-state index contributed by atoms with van der Waals surface area (Å²) in [5.41, 5.74) is 1.68. The van der Waals surface area contributed by atoms with E-state index in [1.165, 1.54) is 12.1 Å². The number of non-ortho nitro benzene ring substituents is 1. The lowest BCUT2D eigenvalue weighted by atomic mass is 10.2. The van der Waals surface area contributed by atoms with Crippen molar-refractivity contribution in [1.82, 2.24) is 4.57 Å². The van der Waals surface area contributed by atoms with Crippen LogP contribution in [0, 0.1) is 10.1 Å². The lowest BCUT2D eigenvalue weighted by Crippen LogP contribution is -2.24. The second-order valence-corrected chi connectivity index (χ2v) is 6.93. The number of nitrogens with one attached hydrogen (secondary N) is 3. The van der Waals surface area contributed by atoms with Gasteiger partial charge in [-0.05, 0) is 42.5 Å². The molecule has 4 rings (SSSR count). The molecule has 3 N–H and O–H groups in total. The van der Waals surface area contributed by atoms with Gasteiger partial charge in [0.1, 0.15) is 6.54 Å². The third-order valence-corrected chi connectivity index (χ3v) is 4.62. The minimum Gasteiger partial charge on any atom is -0.407 e. The molecule has 3 aromatic carbocycles. The molecule has 4 aromatic rings. The highest BCUT2D eigenvalue weighted by Gasteiger charge is 2.16. The van der Waals surface area contributed by atoms with Gasteiger partial charge in [0, 0.05) is 23.1 Å². The first-order valence-electron chi connectivity index (χ1n) is 9.70. The molecule has 0 aliphatic heterocycles. The summed E-state index contributed by atoms with van der Waals surface area (Å²) in [5, 5.41) is 18.9. The molecular weight excluding hydrogens is 430 g/mol. The fourth-order valence-electron chi connectivity index (χ4n) is 3.11. The van der Waals surface area contributed by atoms with Crippen LogP contribution in [0.25, 0.3) is 11.1 Å². The minimum atomic E-state index is -0.801. The molecule has 3 amide bonds. The number of benzene rings is 3. The van der Waals surface area contributed by atoms with Crippen molar-refractivity contribution >= 4 is 45.8 Å². The molecule has 0 fully saturated rings. The van der Waals surface area contributed by atoms with Gasteiger partial charge in [-0.25, -0.2) is 9.59 Å². The van der Waals surface area contributed by atoms with Crippen LogP contribution in [0.3, 0.4) is 0 Å². The number of anilines is 3. The number of urea groups is 1. The maximum atomic E-state index is 12.4. The lowest BCUT2D eigenvalue weighted by molar-refractivity contribution is -0.384. The Kier molecular flexibility index (Phi) is 5.85. The number of fused-ring (bicyclic) bond motifs is 1. The van der Waals surface area contributed by atoms with E-state index in [2.05, 4.69) is 16.0 Å². The Hall–Kier alpha value is -4.93. The van der Waals surface area contributed by atoms with Gasteiger partial charge in [-0.15, -0.1) is 0 Å². The molecule has 0 aliphatic rings. The van der Waals surface area contributed by atoms with E-state index in [9.17, 15) is 24.5 Å². The van der Waals surface area contributed by atoms with E-state index in [-0.39, 0.29) is 23.3 Å². The number of amides is 3. The van der Waals surface area contributed by atoms with Gasteiger partial charge in [-0.1, -0.05) is 18.2 Å². The zero-order valence-corrected chi connectivity index (χ0v) is 17.0. The van der Waals surface area contributed by atoms with E-state index >= 15 is 0 Å². The standard InChI is InChI=1S/C22H17N5O6/c28-20(13-26-18-11-10-17(27(31)32)12-19(18)33-22(26)30)23-15-6-8-16(9-7-15)25-21(29)24-14-4-2-1-3-5-14/h1-12H,13H2,(H,23,28)(H2,24,25,29). The number of carbonyl (C=O) groups excluding carboxylic acids is 2. The van der Waals surface area contributed by atoms with Gasteiger partial charge in [0.2, 0.25) is 5.91 Å². The van der Waals surface area contributed by atoms with Crippen LogP contribution in [-0.2, 0) is 11.3 Å². The van der Waals surface area contributed by atoms with Gasteiger partial charge in [0.15, 0.2) is 5.58 Å². The minimum absolute atomic E-state index is 0.0196. The van der Waals surface area contributed by atoms with E-state index in [0.29, 0.717) is 17.1 Å². The predicted octanol–water partition coefficient (Wildman–Crippen LogP) is 3.79. The Labute approximate surface area is 185 Å². The summed E-state index contributed by atoms with van der Waals surface area (Å²) in [5.74, 6) is -1.30.